The third-order valence-electron chi connectivity index (χ3n) is 4.04. The number of likely N-dealkylation sites (tertiary alicyclic amines) is 1. The molecule has 2 rings (SSSR count). The molecule has 1 amide bonds. The molecule has 0 bridgehead atoms. The van der Waals surface area contributed by atoms with Crippen LogP contribution in [-0.2, 0) is 4.74 Å². The van der Waals surface area contributed by atoms with E-state index in [1.807, 2.05) is 13.8 Å². The Hall–Kier alpha value is -1.62. The number of aliphatic hydroxyl groups excluding tert-OH is 1. The SMILES string of the molecule is CC(C)C1C(O)CC(c2cccc(F)c2)N1C(=O)OC(C)(C)C. The Kier molecular flexibility index (Phi) is 4.99. The monoisotopic (exact) mass is 323 g/mol. The molecule has 1 aromatic rings. The lowest BCUT2D eigenvalue weighted by Crippen LogP contribution is -2.46. The molecule has 1 saturated heterocycles. The van der Waals surface area contributed by atoms with Gasteiger partial charge in [0.15, 0.2) is 0 Å². The fourth-order valence-electron chi connectivity index (χ4n) is 3.21. The molecule has 128 valence electrons. The molecule has 0 aromatic heterocycles. The molecule has 0 spiro atoms. The number of carbonyl (C=O) groups excluding carboxylic acids is 1. The summed E-state index contributed by atoms with van der Waals surface area (Å²) in [5, 5.41) is 10.4. The quantitative estimate of drug-likeness (QED) is 0.898. The number of carbonyl (C=O) groups is 1. The van der Waals surface area contributed by atoms with Crippen molar-refractivity contribution < 1.29 is 19.0 Å². The fraction of sp³-hybridized carbons (Fsp3) is 0.611. The lowest BCUT2D eigenvalue weighted by atomic mass is 9.99. The van der Waals surface area contributed by atoms with Crippen molar-refractivity contribution in [3.63, 3.8) is 0 Å². The van der Waals surface area contributed by atoms with Gasteiger partial charge in [-0.25, -0.2) is 9.18 Å². The van der Waals surface area contributed by atoms with Crippen molar-refractivity contribution in [2.24, 2.45) is 5.92 Å². The van der Waals surface area contributed by atoms with Gasteiger partial charge in [0.2, 0.25) is 0 Å². The Morgan fingerprint density at radius 3 is 2.57 bits per heavy atom. The lowest BCUT2D eigenvalue weighted by Gasteiger charge is -2.34. The molecule has 3 unspecified atom stereocenters. The van der Waals surface area contributed by atoms with E-state index >= 15 is 0 Å². The second-order valence-electron chi connectivity index (χ2n) is 7.50. The fourth-order valence-corrected chi connectivity index (χ4v) is 3.21. The summed E-state index contributed by atoms with van der Waals surface area (Å²) in [6.07, 6.45) is -0.747. The van der Waals surface area contributed by atoms with Gasteiger partial charge in [-0.2, -0.15) is 0 Å². The zero-order valence-electron chi connectivity index (χ0n) is 14.4. The van der Waals surface area contributed by atoms with Crippen LogP contribution in [-0.4, -0.2) is 33.8 Å². The molecular formula is C18H26FNO3. The predicted octanol–water partition coefficient (Wildman–Crippen LogP) is 3.89. The van der Waals surface area contributed by atoms with Crippen LogP contribution in [0.5, 0.6) is 0 Å². The summed E-state index contributed by atoms with van der Waals surface area (Å²) in [6.45, 7) is 9.33. The van der Waals surface area contributed by atoms with Crippen LogP contribution < -0.4 is 0 Å². The Bertz CT molecular complexity index is 568. The first-order valence-corrected chi connectivity index (χ1v) is 8.05. The van der Waals surface area contributed by atoms with E-state index in [9.17, 15) is 14.3 Å². The van der Waals surface area contributed by atoms with E-state index in [0.29, 0.717) is 12.0 Å². The summed E-state index contributed by atoms with van der Waals surface area (Å²) >= 11 is 0. The van der Waals surface area contributed by atoms with E-state index in [1.54, 1.807) is 37.8 Å². The number of rotatable bonds is 2. The number of nitrogens with zero attached hydrogens (tertiary/aromatic N) is 1. The molecule has 23 heavy (non-hydrogen) atoms. The van der Waals surface area contributed by atoms with Crippen molar-refractivity contribution in [3.05, 3.63) is 35.6 Å². The van der Waals surface area contributed by atoms with Crippen molar-refractivity contribution in [1.82, 2.24) is 4.90 Å². The molecule has 5 heteroatoms. The van der Waals surface area contributed by atoms with Gasteiger partial charge in [0.05, 0.1) is 18.2 Å². The highest BCUT2D eigenvalue weighted by Crippen LogP contribution is 2.40. The van der Waals surface area contributed by atoms with Crippen molar-refractivity contribution in [3.8, 4) is 0 Å². The normalized spacial score (nSPS) is 25.0. The van der Waals surface area contributed by atoms with Gasteiger partial charge >= 0.3 is 6.09 Å². The first kappa shape index (κ1) is 17.7. The number of aliphatic hydroxyl groups is 1. The van der Waals surface area contributed by atoms with Gasteiger partial charge in [-0.15, -0.1) is 0 Å². The molecule has 1 N–H and O–H groups in total. The van der Waals surface area contributed by atoms with E-state index in [2.05, 4.69) is 0 Å². The van der Waals surface area contributed by atoms with Crippen molar-refractivity contribution >= 4 is 6.09 Å². The van der Waals surface area contributed by atoms with Crippen molar-refractivity contribution in [2.45, 2.75) is 64.8 Å². The number of halogens is 1. The van der Waals surface area contributed by atoms with E-state index in [0.717, 1.165) is 0 Å². The number of hydrogen-bond donors (Lipinski definition) is 1. The minimum Gasteiger partial charge on any atom is -0.444 e. The summed E-state index contributed by atoms with van der Waals surface area (Å²) in [6, 6.07) is 5.44. The third kappa shape index (κ3) is 4.02. The van der Waals surface area contributed by atoms with Crippen molar-refractivity contribution in [1.29, 1.82) is 0 Å². The maximum absolute atomic E-state index is 13.6. The van der Waals surface area contributed by atoms with Crippen LogP contribution in [0.2, 0.25) is 0 Å². The molecular weight excluding hydrogens is 297 g/mol. The molecule has 4 nitrogen and oxygen atoms in total. The van der Waals surface area contributed by atoms with E-state index in [4.69, 9.17) is 4.74 Å². The summed E-state index contributed by atoms with van der Waals surface area (Å²) < 4.78 is 19.1. The molecule has 1 fully saturated rings. The van der Waals surface area contributed by atoms with Gasteiger partial charge in [-0.05, 0) is 44.4 Å². The summed E-state index contributed by atoms with van der Waals surface area (Å²) in [7, 11) is 0. The van der Waals surface area contributed by atoms with E-state index in [-0.39, 0.29) is 23.8 Å². The van der Waals surface area contributed by atoms with E-state index < -0.39 is 17.8 Å². The first-order valence-electron chi connectivity index (χ1n) is 8.05. The standard InChI is InChI=1S/C18H26FNO3/c1-11(2)16-15(21)10-14(12-7-6-8-13(19)9-12)20(16)17(22)23-18(3,4)5/h6-9,11,14-16,21H,10H2,1-5H3. The second kappa shape index (κ2) is 6.48. The van der Waals surface area contributed by atoms with Crippen LogP contribution in [0.15, 0.2) is 24.3 Å². The molecule has 1 heterocycles. The highest BCUT2D eigenvalue weighted by molar-refractivity contribution is 5.70. The van der Waals surface area contributed by atoms with Crippen LogP contribution >= 0.6 is 0 Å². The first-order chi connectivity index (χ1) is 10.6. The maximum Gasteiger partial charge on any atom is 0.411 e. The molecule has 0 saturated carbocycles. The molecule has 1 aliphatic heterocycles. The Labute approximate surface area is 137 Å². The topological polar surface area (TPSA) is 49.8 Å². The highest BCUT2D eigenvalue weighted by Gasteiger charge is 2.46. The average Bonchev–Trinajstić information content (AvgIpc) is 2.74. The Morgan fingerprint density at radius 1 is 1.39 bits per heavy atom. The maximum atomic E-state index is 13.6. The van der Waals surface area contributed by atoms with Crippen LogP contribution in [0.25, 0.3) is 0 Å². The second-order valence-corrected chi connectivity index (χ2v) is 7.50. The third-order valence-corrected chi connectivity index (χ3v) is 4.04. The summed E-state index contributed by atoms with van der Waals surface area (Å²) in [4.78, 5) is 14.3. The van der Waals surface area contributed by atoms with Crippen LogP contribution in [0.1, 0.15) is 52.6 Å². The van der Waals surface area contributed by atoms with Gasteiger partial charge in [0.1, 0.15) is 11.4 Å². The number of ether oxygens (including phenoxy) is 1. The largest absolute Gasteiger partial charge is 0.444 e. The number of benzene rings is 1. The van der Waals surface area contributed by atoms with Gasteiger partial charge in [-0.3, -0.25) is 4.90 Å². The molecule has 0 radical (unpaired) electrons. The molecule has 3 atom stereocenters. The van der Waals surface area contributed by atoms with Gasteiger partial charge < -0.3 is 9.84 Å². The zero-order valence-corrected chi connectivity index (χ0v) is 14.4. The highest BCUT2D eigenvalue weighted by atomic mass is 19.1. The van der Waals surface area contributed by atoms with Crippen molar-refractivity contribution in [2.75, 3.05) is 0 Å². The minimum absolute atomic E-state index is 0.0658. The van der Waals surface area contributed by atoms with E-state index in [1.165, 1.54) is 12.1 Å². The van der Waals surface area contributed by atoms with Gasteiger partial charge in [-0.1, -0.05) is 26.0 Å². The number of hydrogen-bond acceptors (Lipinski definition) is 3. The zero-order chi connectivity index (χ0) is 17.4. The summed E-state index contributed by atoms with van der Waals surface area (Å²) in [5.74, 6) is -0.287. The van der Waals surface area contributed by atoms with Gasteiger partial charge in [0, 0.05) is 6.42 Å². The average molecular weight is 323 g/mol. The Balaban J connectivity index is 2.38. The smallest absolute Gasteiger partial charge is 0.411 e. The molecule has 0 aliphatic carbocycles. The Morgan fingerprint density at radius 2 is 2.04 bits per heavy atom. The van der Waals surface area contributed by atoms with Crippen LogP contribution in [0.3, 0.4) is 0 Å². The predicted molar refractivity (Wildman–Crippen MR) is 86.5 cm³/mol. The minimum atomic E-state index is -0.657. The summed E-state index contributed by atoms with van der Waals surface area (Å²) in [5.41, 5.74) is 0.0524. The van der Waals surface area contributed by atoms with Crippen LogP contribution in [0.4, 0.5) is 9.18 Å². The number of amides is 1. The lowest BCUT2D eigenvalue weighted by molar-refractivity contribution is 0.00155. The molecule has 1 aliphatic rings. The molecule has 1 aromatic carbocycles. The van der Waals surface area contributed by atoms with Crippen LogP contribution in [0, 0.1) is 11.7 Å². The van der Waals surface area contributed by atoms with Gasteiger partial charge in [0.25, 0.3) is 0 Å².